The molecule has 1 fully saturated rings. The van der Waals surface area contributed by atoms with Crippen LogP contribution in [0.25, 0.3) is 0 Å². The minimum atomic E-state index is 0.252. The molecule has 1 unspecified atom stereocenters. The van der Waals surface area contributed by atoms with Crippen molar-refractivity contribution in [3.8, 4) is 0 Å². The second-order valence-corrected chi connectivity index (χ2v) is 3.42. The first kappa shape index (κ1) is 9.52. The quantitative estimate of drug-likeness (QED) is 0.673. The third-order valence-electron chi connectivity index (χ3n) is 2.32. The van der Waals surface area contributed by atoms with E-state index in [1.807, 2.05) is 4.90 Å². The van der Waals surface area contributed by atoms with Crippen LogP contribution in [0.1, 0.15) is 26.7 Å². The molecule has 0 aromatic heterocycles. The highest BCUT2D eigenvalue weighted by molar-refractivity contribution is 5.79. The molecule has 3 nitrogen and oxygen atoms in total. The molecular weight excluding hydrogens is 152 g/mol. The molecule has 0 aliphatic carbocycles. The topological polar surface area (TPSA) is 32.3 Å². The Morgan fingerprint density at radius 1 is 1.67 bits per heavy atom. The smallest absolute Gasteiger partial charge is 0.236 e. The normalized spacial score (nSPS) is 24.7. The summed E-state index contributed by atoms with van der Waals surface area (Å²) in [7, 11) is 0. The number of amides is 1. The van der Waals surface area contributed by atoms with Crippen molar-refractivity contribution < 1.29 is 4.79 Å². The molecule has 1 aliphatic heterocycles. The summed E-state index contributed by atoms with van der Waals surface area (Å²) < 4.78 is 0. The molecule has 0 bridgehead atoms. The predicted octanol–water partition coefficient (Wildman–Crippen LogP) is 0.607. The molecule has 0 spiro atoms. The number of unbranched alkanes of at least 4 members (excludes halogenated alkanes) is 1. The Morgan fingerprint density at radius 3 is 3.00 bits per heavy atom. The Hall–Kier alpha value is -0.570. The third kappa shape index (κ3) is 2.21. The Labute approximate surface area is 74.1 Å². The van der Waals surface area contributed by atoms with E-state index in [0.717, 1.165) is 25.9 Å². The summed E-state index contributed by atoms with van der Waals surface area (Å²) in [4.78, 5) is 13.4. The van der Waals surface area contributed by atoms with E-state index in [1.54, 1.807) is 0 Å². The number of carbonyl (C=O) groups excluding carboxylic acids is 1. The van der Waals surface area contributed by atoms with Crippen molar-refractivity contribution in [1.82, 2.24) is 10.2 Å². The first-order valence-electron chi connectivity index (χ1n) is 4.76. The fourth-order valence-corrected chi connectivity index (χ4v) is 1.52. The molecular formula is C9H18N2O. The zero-order valence-electron chi connectivity index (χ0n) is 7.97. The standard InChI is InChI=1S/C9H18N2O/c1-3-4-5-11-8(2)6-10-7-9(11)12/h8,10H,3-7H2,1-2H3. The molecule has 1 atom stereocenters. The number of hydrogen-bond acceptors (Lipinski definition) is 2. The third-order valence-corrected chi connectivity index (χ3v) is 2.32. The lowest BCUT2D eigenvalue weighted by Crippen LogP contribution is -2.53. The van der Waals surface area contributed by atoms with Gasteiger partial charge < -0.3 is 10.2 Å². The van der Waals surface area contributed by atoms with E-state index in [2.05, 4.69) is 19.2 Å². The number of piperazine rings is 1. The SMILES string of the molecule is CCCCN1C(=O)CNCC1C. The highest BCUT2D eigenvalue weighted by Crippen LogP contribution is 2.05. The summed E-state index contributed by atoms with van der Waals surface area (Å²) in [6.07, 6.45) is 2.28. The molecule has 1 rings (SSSR count). The van der Waals surface area contributed by atoms with Gasteiger partial charge >= 0.3 is 0 Å². The van der Waals surface area contributed by atoms with Crippen LogP contribution in [0.3, 0.4) is 0 Å². The van der Waals surface area contributed by atoms with Crippen molar-refractivity contribution in [3.05, 3.63) is 0 Å². The zero-order chi connectivity index (χ0) is 8.97. The summed E-state index contributed by atoms with van der Waals surface area (Å²) >= 11 is 0. The average molecular weight is 170 g/mol. The summed E-state index contributed by atoms with van der Waals surface area (Å²) in [5.74, 6) is 0.252. The molecule has 1 N–H and O–H groups in total. The Morgan fingerprint density at radius 2 is 2.42 bits per heavy atom. The van der Waals surface area contributed by atoms with Gasteiger partial charge in [0.2, 0.25) is 5.91 Å². The van der Waals surface area contributed by atoms with Gasteiger partial charge in [0.15, 0.2) is 0 Å². The Kier molecular flexibility index (Phi) is 3.53. The molecule has 0 aromatic carbocycles. The minimum absolute atomic E-state index is 0.252. The van der Waals surface area contributed by atoms with Crippen LogP contribution in [0.2, 0.25) is 0 Å². The van der Waals surface area contributed by atoms with Crippen molar-refractivity contribution in [2.45, 2.75) is 32.7 Å². The fourth-order valence-electron chi connectivity index (χ4n) is 1.52. The van der Waals surface area contributed by atoms with Crippen molar-refractivity contribution >= 4 is 5.91 Å². The second-order valence-electron chi connectivity index (χ2n) is 3.42. The predicted molar refractivity (Wildman–Crippen MR) is 49.0 cm³/mol. The average Bonchev–Trinajstić information content (AvgIpc) is 2.04. The highest BCUT2D eigenvalue weighted by atomic mass is 16.2. The molecule has 1 amide bonds. The van der Waals surface area contributed by atoms with E-state index in [0.29, 0.717) is 12.6 Å². The van der Waals surface area contributed by atoms with E-state index in [9.17, 15) is 4.79 Å². The molecule has 0 aromatic rings. The molecule has 1 heterocycles. The van der Waals surface area contributed by atoms with Gasteiger partial charge in [-0.3, -0.25) is 4.79 Å². The van der Waals surface area contributed by atoms with Gasteiger partial charge in [0, 0.05) is 19.1 Å². The lowest BCUT2D eigenvalue weighted by Gasteiger charge is -2.33. The van der Waals surface area contributed by atoms with Gasteiger partial charge in [0.05, 0.1) is 6.54 Å². The monoisotopic (exact) mass is 170 g/mol. The van der Waals surface area contributed by atoms with Crippen LogP contribution < -0.4 is 5.32 Å². The molecule has 12 heavy (non-hydrogen) atoms. The van der Waals surface area contributed by atoms with Gasteiger partial charge in [-0.15, -0.1) is 0 Å². The molecule has 3 heteroatoms. The van der Waals surface area contributed by atoms with Crippen molar-refractivity contribution in [2.24, 2.45) is 0 Å². The maximum absolute atomic E-state index is 11.4. The second kappa shape index (κ2) is 4.45. The number of nitrogens with zero attached hydrogens (tertiary/aromatic N) is 1. The summed E-state index contributed by atoms with van der Waals surface area (Å²) in [5, 5.41) is 3.10. The van der Waals surface area contributed by atoms with Crippen LogP contribution in [0.4, 0.5) is 0 Å². The summed E-state index contributed by atoms with van der Waals surface area (Å²) in [5.41, 5.74) is 0. The van der Waals surface area contributed by atoms with Crippen molar-refractivity contribution in [1.29, 1.82) is 0 Å². The first-order valence-corrected chi connectivity index (χ1v) is 4.76. The van der Waals surface area contributed by atoms with Gasteiger partial charge in [-0.1, -0.05) is 13.3 Å². The van der Waals surface area contributed by atoms with E-state index in [-0.39, 0.29) is 5.91 Å². The van der Waals surface area contributed by atoms with Crippen LogP contribution in [-0.4, -0.2) is 36.5 Å². The maximum Gasteiger partial charge on any atom is 0.236 e. The number of hydrogen-bond donors (Lipinski definition) is 1. The van der Waals surface area contributed by atoms with Gasteiger partial charge in [0.25, 0.3) is 0 Å². The van der Waals surface area contributed by atoms with E-state index >= 15 is 0 Å². The van der Waals surface area contributed by atoms with Crippen LogP contribution in [0.5, 0.6) is 0 Å². The van der Waals surface area contributed by atoms with E-state index in [4.69, 9.17) is 0 Å². The van der Waals surface area contributed by atoms with Crippen molar-refractivity contribution in [3.63, 3.8) is 0 Å². The molecule has 70 valence electrons. The van der Waals surface area contributed by atoms with Crippen LogP contribution in [0, 0.1) is 0 Å². The summed E-state index contributed by atoms with van der Waals surface area (Å²) in [6, 6.07) is 0.373. The lowest BCUT2D eigenvalue weighted by atomic mass is 10.2. The number of nitrogens with one attached hydrogen (secondary N) is 1. The largest absolute Gasteiger partial charge is 0.338 e. The molecule has 1 saturated heterocycles. The van der Waals surface area contributed by atoms with Crippen LogP contribution >= 0.6 is 0 Å². The van der Waals surface area contributed by atoms with Gasteiger partial charge in [-0.2, -0.15) is 0 Å². The minimum Gasteiger partial charge on any atom is -0.338 e. The Bertz CT molecular complexity index is 159. The first-order chi connectivity index (χ1) is 5.75. The highest BCUT2D eigenvalue weighted by Gasteiger charge is 2.22. The number of carbonyl (C=O) groups is 1. The van der Waals surface area contributed by atoms with E-state index in [1.165, 1.54) is 0 Å². The zero-order valence-corrected chi connectivity index (χ0v) is 7.97. The maximum atomic E-state index is 11.4. The Balaban J connectivity index is 2.40. The molecule has 1 aliphatic rings. The van der Waals surface area contributed by atoms with Crippen LogP contribution in [-0.2, 0) is 4.79 Å². The molecule has 0 radical (unpaired) electrons. The number of rotatable bonds is 3. The van der Waals surface area contributed by atoms with Gasteiger partial charge in [0.1, 0.15) is 0 Å². The summed E-state index contributed by atoms with van der Waals surface area (Å²) in [6.45, 7) is 6.64. The van der Waals surface area contributed by atoms with Gasteiger partial charge in [-0.25, -0.2) is 0 Å². The van der Waals surface area contributed by atoms with Gasteiger partial charge in [-0.05, 0) is 13.3 Å². The molecule has 0 saturated carbocycles. The lowest BCUT2D eigenvalue weighted by molar-refractivity contribution is -0.134. The van der Waals surface area contributed by atoms with Crippen molar-refractivity contribution in [2.75, 3.05) is 19.6 Å². The fraction of sp³-hybridized carbons (Fsp3) is 0.889. The van der Waals surface area contributed by atoms with E-state index < -0.39 is 0 Å². The van der Waals surface area contributed by atoms with Crippen LogP contribution in [0.15, 0.2) is 0 Å².